The van der Waals surface area contributed by atoms with Crippen molar-refractivity contribution in [3.05, 3.63) is 28.8 Å². The van der Waals surface area contributed by atoms with Crippen LogP contribution < -0.4 is 4.74 Å². The number of hydrogen-bond donors (Lipinski definition) is 1. The molecule has 1 rings (SSSR count). The fourth-order valence-electron chi connectivity index (χ4n) is 2.49. The summed E-state index contributed by atoms with van der Waals surface area (Å²) in [7, 11) is 1.67. The van der Waals surface area contributed by atoms with Crippen molar-refractivity contribution in [2.24, 2.45) is 11.8 Å². The molecule has 0 bridgehead atoms. The molecular weight excluding hydrogens is 224 g/mol. The maximum Gasteiger partial charge on any atom is 0.127 e. The van der Waals surface area contributed by atoms with Crippen LogP contribution in [0.3, 0.4) is 0 Å². The lowest BCUT2D eigenvalue weighted by Gasteiger charge is -2.24. The SMILES string of the molecule is COc1c(C(O)C(C)CC(C)C)ccc(C)c1C. The Bertz CT molecular complexity index is 396. The van der Waals surface area contributed by atoms with Crippen molar-refractivity contribution in [3.63, 3.8) is 0 Å². The third-order valence-electron chi connectivity index (χ3n) is 3.61. The van der Waals surface area contributed by atoms with Gasteiger partial charge in [-0.25, -0.2) is 0 Å². The van der Waals surface area contributed by atoms with E-state index in [0.29, 0.717) is 5.92 Å². The Morgan fingerprint density at radius 3 is 2.28 bits per heavy atom. The molecule has 0 saturated heterocycles. The van der Waals surface area contributed by atoms with Gasteiger partial charge in [-0.05, 0) is 43.2 Å². The summed E-state index contributed by atoms with van der Waals surface area (Å²) in [5.41, 5.74) is 3.22. The zero-order valence-electron chi connectivity index (χ0n) is 12.4. The zero-order valence-corrected chi connectivity index (χ0v) is 12.4. The van der Waals surface area contributed by atoms with Gasteiger partial charge in [0.15, 0.2) is 0 Å². The van der Waals surface area contributed by atoms with Gasteiger partial charge in [-0.2, -0.15) is 0 Å². The molecule has 0 aliphatic rings. The van der Waals surface area contributed by atoms with Crippen LogP contribution in [0, 0.1) is 25.7 Å². The van der Waals surface area contributed by atoms with Gasteiger partial charge in [-0.1, -0.05) is 32.9 Å². The summed E-state index contributed by atoms with van der Waals surface area (Å²) in [5, 5.41) is 10.5. The quantitative estimate of drug-likeness (QED) is 0.855. The van der Waals surface area contributed by atoms with Gasteiger partial charge in [0.2, 0.25) is 0 Å². The van der Waals surface area contributed by atoms with E-state index in [1.165, 1.54) is 5.56 Å². The smallest absolute Gasteiger partial charge is 0.127 e. The molecular formula is C16H26O2. The third-order valence-corrected chi connectivity index (χ3v) is 3.61. The molecule has 0 spiro atoms. The second-order valence-corrected chi connectivity index (χ2v) is 5.68. The number of hydrogen-bond acceptors (Lipinski definition) is 2. The minimum absolute atomic E-state index is 0.237. The number of aryl methyl sites for hydroxylation is 1. The van der Waals surface area contributed by atoms with Gasteiger partial charge in [0.1, 0.15) is 5.75 Å². The molecule has 0 radical (unpaired) electrons. The van der Waals surface area contributed by atoms with Gasteiger partial charge >= 0.3 is 0 Å². The third kappa shape index (κ3) is 3.26. The highest BCUT2D eigenvalue weighted by Gasteiger charge is 2.22. The number of rotatable bonds is 5. The summed E-state index contributed by atoms with van der Waals surface area (Å²) in [6.07, 6.45) is 0.554. The molecule has 1 aromatic carbocycles. The summed E-state index contributed by atoms with van der Waals surface area (Å²) in [5.74, 6) is 1.66. The Morgan fingerprint density at radius 1 is 1.17 bits per heavy atom. The van der Waals surface area contributed by atoms with E-state index in [2.05, 4.69) is 33.8 Å². The zero-order chi connectivity index (χ0) is 13.9. The molecule has 0 fully saturated rings. The van der Waals surface area contributed by atoms with Crippen LogP contribution in [0.1, 0.15) is 50.0 Å². The fraction of sp³-hybridized carbons (Fsp3) is 0.625. The molecule has 18 heavy (non-hydrogen) atoms. The lowest BCUT2D eigenvalue weighted by molar-refractivity contribution is 0.102. The molecule has 0 aliphatic carbocycles. The van der Waals surface area contributed by atoms with Crippen molar-refractivity contribution in [1.29, 1.82) is 0 Å². The molecule has 0 amide bonds. The molecule has 0 aromatic heterocycles. The fourth-order valence-corrected chi connectivity index (χ4v) is 2.49. The normalized spacial score (nSPS) is 14.7. The number of aliphatic hydroxyl groups excluding tert-OH is 1. The lowest BCUT2D eigenvalue weighted by Crippen LogP contribution is -2.13. The molecule has 0 heterocycles. The average molecular weight is 250 g/mol. The van der Waals surface area contributed by atoms with Gasteiger partial charge in [-0.3, -0.25) is 0 Å². The highest BCUT2D eigenvalue weighted by molar-refractivity contribution is 5.46. The lowest BCUT2D eigenvalue weighted by atomic mass is 9.88. The number of ether oxygens (including phenoxy) is 1. The Kier molecular flexibility index (Phi) is 5.21. The van der Waals surface area contributed by atoms with Crippen LogP contribution in [0.25, 0.3) is 0 Å². The largest absolute Gasteiger partial charge is 0.496 e. The standard InChI is InChI=1S/C16H26O2/c1-10(2)9-12(4)15(17)14-8-7-11(3)13(5)16(14)18-6/h7-8,10,12,15,17H,9H2,1-6H3. The molecule has 2 nitrogen and oxygen atoms in total. The summed E-state index contributed by atoms with van der Waals surface area (Å²) in [6, 6.07) is 4.04. The summed E-state index contributed by atoms with van der Waals surface area (Å²) < 4.78 is 5.47. The van der Waals surface area contributed by atoms with E-state index in [-0.39, 0.29) is 5.92 Å². The van der Waals surface area contributed by atoms with Crippen LogP contribution in [0.15, 0.2) is 12.1 Å². The first-order valence-corrected chi connectivity index (χ1v) is 6.70. The second-order valence-electron chi connectivity index (χ2n) is 5.68. The maximum absolute atomic E-state index is 10.5. The van der Waals surface area contributed by atoms with E-state index in [0.717, 1.165) is 23.3 Å². The van der Waals surface area contributed by atoms with E-state index >= 15 is 0 Å². The minimum Gasteiger partial charge on any atom is -0.496 e. The molecule has 1 N–H and O–H groups in total. The Labute approximate surface area is 111 Å². The van der Waals surface area contributed by atoms with Crippen LogP contribution in [0.5, 0.6) is 5.75 Å². The number of aliphatic hydroxyl groups is 1. The molecule has 2 heteroatoms. The van der Waals surface area contributed by atoms with E-state index in [1.54, 1.807) is 7.11 Å². The summed E-state index contributed by atoms with van der Waals surface area (Å²) in [6.45, 7) is 10.6. The number of methoxy groups -OCH3 is 1. The Balaban J connectivity index is 3.05. The van der Waals surface area contributed by atoms with Crippen molar-refractivity contribution in [1.82, 2.24) is 0 Å². The summed E-state index contributed by atoms with van der Waals surface area (Å²) >= 11 is 0. The van der Waals surface area contributed by atoms with Crippen molar-refractivity contribution in [3.8, 4) is 5.75 Å². The van der Waals surface area contributed by atoms with Gasteiger partial charge in [0, 0.05) is 5.56 Å². The van der Waals surface area contributed by atoms with E-state index in [9.17, 15) is 5.11 Å². The first-order valence-electron chi connectivity index (χ1n) is 6.70. The average Bonchev–Trinajstić information content (AvgIpc) is 2.30. The summed E-state index contributed by atoms with van der Waals surface area (Å²) in [4.78, 5) is 0. The molecule has 0 saturated carbocycles. The van der Waals surface area contributed by atoms with Crippen molar-refractivity contribution >= 4 is 0 Å². The van der Waals surface area contributed by atoms with Crippen molar-refractivity contribution in [2.75, 3.05) is 7.11 Å². The van der Waals surface area contributed by atoms with Crippen LogP contribution in [-0.4, -0.2) is 12.2 Å². The molecule has 102 valence electrons. The Hall–Kier alpha value is -1.02. The van der Waals surface area contributed by atoms with Crippen LogP contribution >= 0.6 is 0 Å². The van der Waals surface area contributed by atoms with E-state index < -0.39 is 6.10 Å². The second kappa shape index (κ2) is 6.24. The van der Waals surface area contributed by atoms with Crippen LogP contribution in [0.2, 0.25) is 0 Å². The predicted molar refractivity (Wildman–Crippen MR) is 76.0 cm³/mol. The molecule has 2 unspecified atom stereocenters. The first kappa shape index (κ1) is 15.0. The molecule has 2 atom stereocenters. The van der Waals surface area contributed by atoms with Crippen molar-refractivity contribution in [2.45, 2.75) is 47.1 Å². The number of benzene rings is 1. The minimum atomic E-state index is -0.457. The first-order chi connectivity index (χ1) is 8.38. The van der Waals surface area contributed by atoms with E-state index in [4.69, 9.17) is 4.74 Å². The van der Waals surface area contributed by atoms with Crippen LogP contribution in [-0.2, 0) is 0 Å². The molecule has 0 aliphatic heterocycles. The van der Waals surface area contributed by atoms with Crippen molar-refractivity contribution < 1.29 is 9.84 Å². The highest BCUT2D eigenvalue weighted by Crippen LogP contribution is 2.35. The Morgan fingerprint density at radius 2 is 1.78 bits per heavy atom. The van der Waals surface area contributed by atoms with E-state index in [1.807, 2.05) is 13.0 Å². The monoisotopic (exact) mass is 250 g/mol. The van der Waals surface area contributed by atoms with Crippen LogP contribution in [0.4, 0.5) is 0 Å². The van der Waals surface area contributed by atoms with Gasteiger partial charge in [0.05, 0.1) is 13.2 Å². The highest BCUT2D eigenvalue weighted by atomic mass is 16.5. The predicted octanol–water partition coefficient (Wildman–Crippen LogP) is 4.03. The molecule has 1 aromatic rings. The van der Waals surface area contributed by atoms with Gasteiger partial charge in [0.25, 0.3) is 0 Å². The van der Waals surface area contributed by atoms with Gasteiger partial charge < -0.3 is 9.84 Å². The van der Waals surface area contributed by atoms with Gasteiger partial charge in [-0.15, -0.1) is 0 Å². The topological polar surface area (TPSA) is 29.5 Å². The maximum atomic E-state index is 10.5.